The Morgan fingerprint density at radius 3 is 2.62 bits per heavy atom. The fourth-order valence-electron chi connectivity index (χ4n) is 2.08. The fraction of sp³-hybridized carbons (Fsp3) is 0.400. The van der Waals surface area contributed by atoms with Gasteiger partial charge in [-0.1, -0.05) is 43.7 Å². The maximum atomic E-state index is 12.2. The van der Waals surface area contributed by atoms with E-state index in [0.717, 1.165) is 18.4 Å². The predicted molar refractivity (Wildman–Crippen MR) is 82.6 cm³/mol. The number of nitrogens with zero attached hydrogens (tertiary/aromatic N) is 2. The number of hydrogen-bond donors (Lipinski definition) is 1. The average Bonchev–Trinajstić information content (AvgIpc) is 2.82. The van der Waals surface area contributed by atoms with E-state index in [0.29, 0.717) is 18.8 Å². The maximum Gasteiger partial charge on any atom is 0.243 e. The van der Waals surface area contributed by atoms with E-state index < -0.39 is 10.0 Å². The molecule has 2 aromatic rings. The van der Waals surface area contributed by atoms with E-state index in [1.807, 2.05) is 37.3 Å². The summed E-state index contributed by atoms with van der Waals surface area (Å²) in [6, 6.07) is 9.84. The summed E-state index contributed by atoms with van der Waals surface area (Å²) in [5, 5.41) is 4.30. The first-order chi connectivity index (χ1) is 10.0. The highest BCUT2D eigenvalue weighted by Crippen LogP contribution is 2.14. The molecule has 114 valence electrons. The molecule has 1 aromatic carbocycles. The first-order valence-corrected chi connectivity index (χ1v) is 8.59. The normalized spacial score (nSPS) is 11.7. The van der Waals surface area contributed by atoms with Crippen molar-refractivity contribution in [3.8, 4) is 0 Å². The smallest absolute Gasteiger partial charge is 0.243 e. The number of aromatic nitrogens is 2. The number of unbranched alkanes of at least 4 members (excludes halogenated alkanes) is 1. The van der Waals surface area contributed by atoms with Crippen LogP contribution in [0.25, 0.3) is 0 Å². The molecule has 0 amide bonds. The minimum Gasteiger partial charge on any atom is -0.267 e. The summed E-state index contributed by atoms with van der Waals surface area (Å²) in [6.45, 7) is 4.77. The number of sulfonamides is 1. The summed E-state index contributed by atoms with van der Waals surface area (Å²) >= 11 is 0. The van der Waals surface area contributed by atoms with Gasteiger partial charge < -0.3 is 0 Å². The van der Waals surface area contributed by atoms with Crippen LogP contribution in [0, 0.1) is 6.92 Å². The van der Waals surface area contributed by atoms with Crippen molar-refractivity contribution < 1.29 is 8.42 Å². The number of nitrogens with one attached hydrogen (secondary N) is 1. The lowest BCUT2D eigenvalue weighted by atomic mass is 10.2. The molecule has 0 bridgehead atoms. The van der Waals surface area contributed by atoms with Crippen LogP contribution in [0.1, 0.15) is 31.0 Å². The molecule has 0 fully saturated rings. The molecule has 0 atom stereocenters. The Labute approximate surface area is 126 Å². The Hall–Kier alpha value is -1.66. The summed E-state index contributed by atoms with van der Waals surface area (Å²) in [4.78, 5) is 0.259. The maximum absolute atomic E-state index is 12.2. The highest BCUT2D eigenvalue weighted by Gasteiger charge is 2.19. The van der Waals surface area contributed by atoms with Crippen LogP contribution >= 0.6 is 0 Å². The van der Waals surface area contributed by atoms with Gasteiger partial charge in [-0.15, -0.1) is 0 Å². The molecule has 21 heavy (non-hydrogen) atoms. The van der Waals surface area contributed by atoms with E-state index in [4.69, 9.17) is 0 Å². The second-order valence-electron chi connectivity index (χ2n) is 5.01. The molecule has 0 saturated heterocycles. The summed E-state index contributed by atoms with van der Waals surface area (Å²) in [5.41, 5.74) is 1.61. The van der Waals surface area contributed by atoms with E-state index in [-0.39, 0.29) is 4.90 Å². The molecular weight excluding hydrogens is 286 g/mol. The predicted octanol–water partition coefficient (Wildman–Crippen LogP) is 2.32. The third kappa shape index (κ3) is 4.15. The Balaban J connectivity index is 2.15. The second kappa shape index (κ2) is 6.87. The van der Waals surface area contributed by atoms with E-state index in [1.54, 1.807) is 17.8 Å². The monoisotopic (exact) mass is 307 g/mol. The van der Waals surface area contributed by atoms with Crippen molar-refractivity contribution in [3.63, 3.8) is 0 Å². The Kier molecular flexibility index (Phi) is 5.14. The molecule has 0 spiro atoms. The van der Waals surface area contributed by atoms with Crippen molar-refractivity contribution in [1.29, 1.82) is 0 Å². The molecule has 0 aliphatic carbocycles. The summed E-state index contributed by atoms with van der Waals surface area (Å²) in [5.74, 6) is 0. The molecule has 0 aliphatic heterocycles. The first kappa shape index (κ1) is 15.7. The minimum absolute atomic E-state index is 0.259. The Bertz CT molecular complexity index is 678. The van der Waals surface area contributed by atoms with E-state index in [1.165, 1.54) is 0 Å². The molecule has 2 rings (SSSR count). The molecule has 6 heteroatoms. The van der Waals surface area contributed by atoms with Gasteiger partial charge in [-0.3, -0.25) is 4.68 Å². The Morgan fingerprint density at radius 2 is 1.95 bits per heavy atom. The zero-order chi connectivity index (χ0) is 15.3. The number of aryl methyl sites for hydroxylation is 1. The second-order valence-corrected chi connectivity index (χ2v) is 6.75. The third-order valence-electron chi connectivity index (χ3n) is 3.20. The molecule has 5 nitrogen and oxygen atoms in total. The lowest BCUT2D eigenvalue weighted by Crippen LogP contribution is -2.25. The number of hydrogen-bond acceptors (Lipinski definition) is 3. The highest BCUT2D eigenvalue weighted by atomic mass is 32.2. The van der Waals surface area contributed by atoms with Crippen molar-refractivity contribution in [3.05, 3.63) is 47.8 Å². The van der Waals surface area contributed by atoms with Crippen LogP contribution in [-0.2, 0) is 16.6 Å². The van der Waals surface area contributed by atoms with Gasteiger partial charge in [-0.2, -0.15) is 5.10 Å². The molecule has 1 aromatic heterocycles. The van der Waals surface area contributed by atoms with Gasteiger partial charge >= 0.3 is 0 Å². The van der Waals surface area contributed by atoms with Gasteiger partial charge in [-0.25, -0.2) is 13.1 Å². The van der Waals surface area contributed by atoms with Crippen molar-refractivity contribution in [1.82, 2.24) is 14.5 Å². The van der Waals surface area contributed by atoms with Crippen LogP contribution in [0.2, 0.25) is 0 Å². The Morgan fingerprint density at radius 1 is 1.24 bits per heavy atom. The third-order valence-corrected chi connectivity index (χ3v) is 4.76. The van der Waals surface area contributed by atoms with Gasteiger partial charge in [0, 0.05) is 12.7 Å². The van der Waals surface area contributed by atoms with Gasteiger partial charge in [0.2, 0.25) is 10.0 Å². The van der Waals surface area contributed by atoms with Crippen molar-refractivity contribution in [2.24, 2.45) is 0 Å². The van der Waals surface area contributed by atoms with Crippen molar-refractivity contribution in [2.45, 2.75) is 38.1 Å². The summed E-state index contributed by atoms with van der Waals surface area (Å²) < 4.78 is 28.7. The van der Waals surface area contributed by atoms with Crippen LogP contribution < -0.4 is 4.72 Å². The van der Waals surface area contributed by atoms with Gasteiger partial charge in [0.05, 0.1) is 12.2 Å². The highest BCUT2D eigenvalue weighted by molar-refractivity contribution is 7.89. The van der Waals surface area contributed by atoms with Gasteiger partial charge in [0.1, 0.15) is 4.90 Å². The van der Waals surface area contributed by atoms with E-state index in [2.05, 4.69) is 9.82 Å². The lowest BCUT2D eigenvalue weighted by molar-refractivity contribution is 0.577. The van der Waals surface area contributed by atoms with E-state index >= 15 is 0 Å². The molecule has 0 unspecified atom stereocenters. The number of benzene rings is 1. The first-order valence-electron chi connectivity index (χ1n) is 7.10. The topological polar surface area (TPSA) is 64.0 Å². The van der Waals surface area contributed by atoms with Crippen LogP contribution in [0.3, 0.4) is 0 Å². The lowest BCUT2D eigenvalue weighted by Gasteiger charge is -2.04. The zero-order valence-corrected chi connectivity index (χ0v) is 13.2. The van der Waals surface area contributed by atoms with E-state index in [9.17, 15) is 8.42 Å². The van der Waals surface area contributed by atoms with Crippen LogP contribution in [-0.4, -0.2) is 24.7 Å². The van der Waals surface area contributed by atoms with Crippen LogP contribution in [0.4, 0.5) is 0 Å². The van der Waals surface area contributed by atoms with Crippen molar-refractivity contribution >= 4 is 10.0 Å². The van der Waals surface area contributed by atoms with Crippen LogP contribution in [0.5, 0.6) is 0 Å². The SMILES string of the molecule is CCCCNS(=O)(=O)c1cn(Cc2ccccc2)nc1C. The zero-order valence-electron chi connectivity index (χ0n) is 12.4. The average molecular weight is 307 g/mol. The number of rotatable bonds is 7. The van der Waals surface area contributed by atoms with Crippen LogP contribution in [0.15, 0.2) is 41.4 Å². The fourth-order valence-corrected chi connectivity index (χ4v) is 3.33. The summed E-state index contributed by atoms with van der Waals surface area (Å²) in [7, 11) is -3.47. The standard InChI is InChI=1S/C15H21N3O2S/c1-3-4-10-16-21(19,20)15-12-18(17-13(15)2)11-14-8-6-5-7-9-14/h5-9,12,16H,3-4,10-11H2,1-2H3. The van der Waals surface area contributed by atoms with Gasteiger partial charge in [0.15, 0.2) is 0 Å². The van der Waals surface area contributed by atoms with Gasteiger partial charge in [0.25, 0.3) is 0 Å². The quantitative estimate of drug-likeness (QED) is 0.798. The van der Waals surface area contributed by atoms with Crippen molar-refractivity contribution in [2.75, 3.05) is 6.54 Å². The largest absolute Gasteiger partial charge is 0.267 e. The molecular formula is C15H21N3O2S. The molecule has 0 saturated carbocycles. The minimum atomic E-state index is -3.47. The molecule has 0 aliphatic rings. The molecule has 1 N–H and O–H groups in total. The van der Waals surface area contributed by atoms with Gasteiger partial charge in [-0.05, 0) is 18.9 Å². The summed E-state index contributed by atoms with van der Waals surface area (Å²) in [6.07, 6.45) is 3.38. The molecule has 1 heterocycles. The molecule has 0 radical (unpaired) electrons.